The summed E-state index contributed by atoms with van der Waals surface area (Å²) in [5.41, 5.74) is 8.67. The molecule has 1 heterocycles. The van der Waals surface area contributed by atoms with Crippen LogP contribution in [-0.4, -0.2) is 5.91 Å². The fourth-order valence-electron chi connectivity index (χ4n) is 2.98. The third-order valence-corrected chi connectivity index (χ3v) is 4.62. The first-order valence-electron chi connectivity index (χ1n) is 8.32. The van der Waals surface area contributed by atoms with E-state index in [1.807, 2.05) is 13.8 Å². The Morgan fingerprint density at radius 1 is 1.13 bits per heavy atom. The lowest BCUT2D eigenvalue weighted by Crippen LogP contribution is -2.28. The maximum Gasteiger partial charge on any atom is 0.249 e. The van der Waals surface area contributed by atoms with Crippen molar-refractivity contribution in [1.82, 2.24) is 10.9 Å². The van der Waals surface area contributed by atoms with E-state index in [4.69, 9.17) is 0 Å². The Morgan fingerprint density at radius 3 is 2.61 bits per heavy atom. The van der Waals surface area contributed by atoms with E-state index in [9.17, 15) is 4.79 Å². The average Bonchev–Trinajstić information content (AvgIpc) is 2.79. The van der Waals surface area contributed by atoms with Gasteiger partial charge < -0.3 is 5.43 Å². The molecule has 0 atom stereocenters. The molecule has 0 saturated carbocycles. The van der Waals surface area contributed by atoms with Crippen LogP contribution in [0.1, 0.15) is 44.7 Å². The minimum atomic E-state index is -0.527. The van der Waals surface area contributed by atoms with E-state index in [0.717, 1.165) is 12.1 Å². The van der Waals surface area contributed by atoms with E-state index >= 15 is 0 Å². The number of carbonyl (C=O) groups excluding carboxylic acids is 1. The Morgan fingerprint density at radius 2 is 1.91 bits per heavy atom. The first kappa shape index (κ1) is 15.6. The van der Waals surface area contributed by atoms with E-state index < -0.39 is 5.41 Å². The lowest BCUT2D eigenvalue weighted by atomic mass is 9.88. The Balaban J connectivity index is 2.10. The second-order valence-electron chi connectivity index (χ2n) is 6.77. The molecule has 0 bridgehead atoms. The van der Waals surface area contributed by atoms with Crippen molar-refractivity contribution in [2.45, 2.75) is 40.0 Å². The molecule has 0 aliphatic carbocycles. The SMILES string of the molecule is CCCCc1cc(/C=C2\NNC(=O)C2(C)C)c2ccccc2c1. The summed E-state index contributed by atoms with van der Waals surface area (Å²) in [4.78, 5) is 12.0. The fourth-order valence-corrected chi connectivity index (χ4v) is 2.98. The third kappa shape index (κ3) is 2.96. The summed E-state index contributed by atoms with van der Waals surface area (Å²) < 4.78 is 0. The molecule has 1 amide bonds. The Bertz CT molecular complexity index is 774. The van der Waals surface area contributed by atoms with Crippen LogP contribution < -0.4 is 10.9 Å². The van der Waals surface area contributed by atoms with Gasteiger partial charge in [-0.25, -0.2) is 0 Å². The van der Waals surface area contributed by atoms with Gasteiger partial charge in [0, 0.05) is 5.70 Å². The second-order valence-corrected chi connectivity index (χ2v) is 6.77. The van der Waals surface area contributed by atoms with E-state index in [-0.39, 0.29) is 5.91 Å². The van der Waals surface area contributed by atoms with Gasteiger partial charge in [0.25, 0.3) is 0 Å². The van der Waals surface area contributed by atoms with Crippen molar-refractivity contribution >= 4 is 22.8 Å². The van der Waals surface area contributed by atoms with Gasteiger partial charge in [0.05, 0.1) is 5.41 Å². The zero-order valence-electron chi connectivity index (χ0n) is 14.1. The van der Waals surface area contributed by atoms with Gasteiger partial charge in [-0.05, 0) is 54.7 Å². The average molecular weight is 308 g/mol. The van der Waals surface area contributed by atoms with Crippen molar-refractivity contribution in [3.63, 3.8) is 0 Å². The van der Waals surface area contributed by atoms with Gasteiger partial charge in [0.15, 0.2) is 0 Å². The lowest BCUT2D eigenvalue weighted by molar-refractivity contribution is -0.125. The Labute approximate surface area is 137 Å². The molecule has 0 radical (unpaired) electrons. The molecule has 2 N–H and O–H groups in total. The smallest absolute Gasteiger partial charge is 0.249 e. The Kier molecular flexibility index (Phi) is 4.12. The van der Waals surface area contributed by atoms with Crippen LogP contribution in [0, 0.1) is 5.41 Å². The molecule has 1 aliphatic heterocycles. The highest BCUT2D eigenvalue weighted by Gasteiger charge is 2.37. The molecule has 3 nitrogen and oxygen atoms in total. The predicted molar refractivity (Wildman–Crippen MR) is 95.6 cm³/mol. The highest BCUT2D eigenvalue weighted by molar-refractivity contribution is 5.94. The highest BCUT2D eigenvalue weighted by Crippen LogP contribution is 2.32. The minimum Gasteiger partial charge on any atom is -0.302 e. The normalized spacial score (nSPS) is 18.2. The number of hydrogen-bond donors (Lipinski definition) is 2. The molecule has 23 heavy (non-hydrogen) atoms. The lowest BCUT2D eigenvalue weighted by Gasteiger charge is -2.15. The van der Waals surface area contributed by atoms with Crippen molar-refractivity contribution in [2.24, 2.45) is 5.41 Å². The van der Waals surface area contributed by atoms with Crippen LogP contribution in [0.3, 0.4) is 0 Å². The van der Waals surface area contributed by atoms with E-state index in [2.05, 4.69) is 60.2 Å². The van der Waals surface area contributed by atoms with Crippen molar-refractivity contribution < 1.29 is 4.79 Å². The van der Waals surface area contributed by atoms with E-state index in [1.54, 1.807) is 0 Å². The number of benzene rings is 2. The van der Waals surface area contributed by atoms with Gasteiger partial charge in [0.1, 0.15) is 0 Å². The van der Waals surface area contributed by atoms with E-state index in [1.165, 1.54) is 34.7 Å². The molecule has 2 aromatic rings. The number of amides is 1. The van der Waals surface area contributed by atoms with Gasteiger partial charge >= 0.3 is 0 Å². The van der Waals surface area contributed by atoms with Crippen LogP contribution >= 0.6 is 0 Å². The van der Waals surface area contributed by atoms with Crippen LogP contribution in [0.25, 0.3) is 16.8 Å². The summed E-state index contributed by atoms with van der Waals surface area (Å²) in [5, 5.41) is 2.47. The van der Waals surface area contributed by atoms with Crippen molar-refractivity contribution in [2.75, 3.05) is 0 Å². The summed E-state index contributed by atoms with van der Waals surface area (Å²) in [6, 6.07) is 13.0. The molecular formula is C20H24N2O. The maximum atomic E-state index is 12.0. The quantitative estimate of drug-likeness (QED) is 0.889. The standard InChI is InChI=1S/C20H24N2O/c1-4-5-8-14-11-15-9-6-7-10-17(15)16(12-14)13-18-20(2,3)19(23)22-21-18/h6-7,9-13,21H,4-5,8H2,1-3H3,(H,22,23)/b18-13-. The summed E-state index contributed by atoms with van der Waals surface area (Å²) in [5.74, 6) is 0.00944. The second kappa shape index (κ2) is 6.07. The number of aryl methyl sites for hydroxylation is 1. The number of hydrogen-bond acceptors (Lipinski definition) is 2. The summed E-state index contributed by atoms with van der Waals surface area (Å²) in [7, 11) is 0. The van der Waals surface area contributed by atoms with Crippen LogP contribution in [0.5, 0.6) is 0 Å². The first-order chi connectivity index (χ1) is 11.0. The van der Waals surface area contributed by atoms with Gasteiger partial charge in [0.2, 0.25) is 5.91 Å². The van der Waals surface area contributed by atoms with E-state index in [0.29, 0.717) is 0 Å². The highest BCUT2D eigenvalue weighted by atomic mass is 16.2. The number of unbranched alkanes of at least 4 members (excludes halogenated alkanes) is 1. The number of rotatable bonds is 4. The van der Waals surface area contributed by atoms with Crippen LogP contribution in [0.2, 0.25) is 0 Å². The number of nitrogens with one attached hydrogen (secondary N) is 2. The molecule has 120 valence electrons. The van der Waals surface area contributed by atoms with Crippen LogP contribution in [-0.2, 0) is 11.2 Å². The van der Waals surface area contributed by atoms with Gasteiger partial charge in [-0.15, -0.1) is 0 Å². The molecular weight excluding hydrogens is 284 g/mol. The van der Waals surface area contributed by atoms with Crippen molar-refractivity contribution in [1.29, 1.82) is 0 Å². The van der Waals surface area contributed by atoms with Gasteiger partial charge in [-0.1, -0.05) is 49.7 Å². The minimum absolute atomic E-state index is 0.00944. The largest absolute Gasteiger partial charge is 0.302 e. The number of carbonyl (C=O) groups is 1. The molecule has 1 aliphatic rings. The van der Waals surface area contributed by atoms with Crippen LogP contribution in [0.15, 0.2) is 42.1 Å². The number of fused-ring (bicyclic) bond motifs is 1. The number of hydrazine groups is 1. The topological polar surface area (TPSA) is 41.1 Å². The summed E-state index contributed by atoms with van der Waals surface area (Å²) in [6.07, 6.45) is 5.58. The van der Waals surface area contributed by atoms with Crippen molar-refractivity contribution in [3.8, 4) is 0 Å². The third-order valence-electron chi connectivity index (χ3n) is 4.62. The summed E-state index contributed by atoms with van der Waals surface area (Å²) in [6.45, 7) is 6.10. The summed E-state index contributed by atoms with van der Waals surface area (Å²) >= 11 is 0. The molecule has 2 aromatic carbocycles. The maximum absolute atomic E-state index is 12.0. The molecule has 0 aromatic heterocycles. The van der Waals surface area contributed by atoms with Gasteiger partial charge in [-0.2, -0.15) is 0 Å². The van der Waals surface area contributed by atoms with Crippen LogP contribution in [0.4, 0.5) is 0 Å². The van der Waals surface area contributed by atoms with Crippen molar-refractivity contribution in [3.05, 3.63) is 53.2 Å². The molecule has 3 rings (SSSR count). The zero-order chi connectivity index (χ0) is 16.4. The van der Waals surface area contributed by atoms with Gasteiger partial charge in [-0.3, -0.25) is 10.2 Å². The molecule has 3 heteroatoms. The molecule has 0 spiro atoms. The molecule has 1 saturated heterocycles. The molecule has 0 unspecified atom stereocenters. The zero-order valence-corrected chi connectivity index (χ0v) is 14.1. The predicted octanol–water partition coefficient (Wildman–Crippen LogP) is 4.18. The first-order valence-corrected chi connectivity index (χ1v) is 8.32. The Hall–Kier alpha value is -2.29. The molecule has 1 fully saturated rings. The monoisotopic (exact) mass is 308 g/mol. The fraction of sp³-hybridized carbons (Fsp3) is 0.350.